The summed E-state index contributed by atoms with van der Waals surface area (Å²) < 4.78 is 11.8. The van der Waals surface area contributed by atoms with Crippen LogP contribution in [0.1, 0.15) is 120 Å². The molecule has 306 valence electrons. The maximum absolute atomic E-state index is 13.9. The Morgan fingerprint density at radius 1 is 0.887 bits per heavy atom. The number of ether oxygens (including phenoxy) is 2. The first-order valence-electron chi connectivity index (χ1n) is 19.8. The second-order valence-corrected chi connectivity index (χ2v) is 15.2. The molecule has 2 rings (SSSR count). The number of aliphatic hydroxyl groups excluding tert-OH is 1. The van der Waals surface area contributed by atoms with Crippen molar-refractivity contribution in [2.24, 2.45) is 35.3 Å². The SMILES string of the molecule is CC.CC(C)C(C)C(N)=O.CCC(C)C(C(CC(=O)N1CCCC1C(OC)C(C)C(=O)N(C)C(C)C(O)c1ccccc1)OC)N(C)C(=O)CC(C)C. The highest BCUT2D eigenvalue weighted by Crippen LogP contribution is 2.31. The van der Waals surface area contributed by atoms with Gasteiger partial charge in [0, 0.05) is 47.2 Å². The Labute approximate surface area is 322 Å². The first-order valence-corrected chi connectivity index (χ1v) is 19.8. The highest BCUT2D eigenvalue weighted by atomic mass is 16.5. The zero-order chi connectivity index (χ0) is 41.2. The molecule has 0 saturated carbocycles. The molecule has 1 aromatic carbocycles. The van der Waals surface area contributed by atoms with Gasteiger partial charge in [0.2, 0.25) is 23.6 Å². The molecule has 0 aliphatic carbocycles. The fourth-order valence-corrected chi connectivity index (χ4v) is 6.80. The van der Waals surface area contributed by atoms with Crippen molar-refractivity contribution in [3.8, 4) is 0 Å². The molecule has 3 N–H and O–H groups in total. The summed E-state index contributed by atoms with van der Waals surface area (Å²) in [4.78, 5) is 56.1. The maximum atomic E-state index is 13.9. The molecular formula is C42H76N4O7. The van der Waals surface area contributed by atoms with Crippen LogP contribution in [0.3, 0.4) is 0 Å². The number of carbonyl (C=O) groups excluding carboxylic acids is 4. The van der Waals surface area contributed by atoms with Gasteiger partial charge in [0.05, 0.1) is 48.8 Å². The number of likely N-dealkylation sites (tertiary alicyclic amines) is 1. The highest BCUT2D eigenvalue weighted by Gasteiger charge is 2.43. The lowest BCUT2D eigenvalue weighted by molar-refractivity contribution is -0.149. The van der Waals surface area contributed by atoms with Crippen LogP contribution in [-0.2, 0) is 28.7 Å². The Morgan fingerprint density at radius 3 is 1.89 bits per heavy atom. The van der Waals surface area contributed by atoms with Gasteiger partial charge in [-0.1, -0.05) is 106 Å². The van der Waals surface area contributed by atoms with Crippen molar-refractivity contribution < 1.29 is 33.8 Å². The number of likely N-dealkylation sites (N-methyl/N-ethyl adjacent to an activating group) is 2. The molecule has 53 heavy (non-hydrogen) atoms. The number of carbonyl (C=O) groups is 4. The van der Waals surface area contributed by atoms with E-state index in [2.05, 4.69) is 13.8 Å². The molecule has 9 atom stereocenters. The van der Waals surface area contributed by atoms with Gasteiger partial charge in [0.15, 0.2) is 0 Å². The molecule has 1 aliphatic heterocycles. The molecule has 9 unspecified atom stereocenters. The van der Waals surface area contributed by atoms with Gasteiger partial charge < -0.3 is 35.0 Å². The molecule has 0 bridgehead atoms. The van der Waals surface area contributed by atoms with Gasteiger partial charge in [0.1, 0.15) is 0 Å². The summed E-state index contributed by atoms with van der Waals surface area (Å²) in [5.41, 5.74) is 5.75. The number of aliphatic hydroxyl groups is 1. The predicted molar refractivity (Wildman–Crippen MR) is 214 cm³/mol. The summed E-state index contributed by atoms with van der Waals surface area (Å²) in [6, 6.07) is 8.35. The van der Waals surface area contributed by atoms with E-state index in [9.17, 15) is 24.3 Å². The third-order valence-electron chi connectivity index (χ3n) is 10.9. The van der Waals surface area contributed by atoms with Crippen LogP contribution in [0.15, 0.2) is 30.3 Å². The fraction of sp³-hybridized carbons (Fsp3) is 0.762. The van der Waals surface area contributed by atoms with Crippen molar-refractivity contribution in [2.75, 3.05) is 34.9 Å². The molecule has 1 aliphatic rings. The average molecular weight is 749 g/mol. The second-order valence-electron chi connectivity index (χ2n) is 15.2. The standard InChI is InChI=1S/C34H57N3O6.C6H13NO.C2H6/c1-11-23(4)31(36(8)29(38)20-22(2)3)28(42-9)21-30(39)37-19-15-18-27(37)33(43-10)24(5)34(41)35(7)25(6)32(40)26-16-13-12-14-17-26;1-4(2)5(3)6(7)8;1-2/h12-14,16-17,22-25,27-28,31-33,40H,11,15,18-21H2,1-10H3;4-5H,1-3H3,(H2,7,8);1-2H3. The lowest BCUT2D eigenvalue weighted by Crippen LogP contribution is -2.53. The molecule has 1 heterocycles. The zero-order valence-corrected chi connectivity index (χ0v) is 35.8. The van der Waals surface area contributed by atoms with Gasteiger partial charge in [-0.2, -0.15) is 0 Å². The van der Waals surface area contributed by atoms with Crippen molar-refractivity contribution in [3.05, 3.63) is 35.9 Å². The van der Waals surface area contributed by atoms with Gasteiger partial charge in [-0.3, -0.25) is 19.2 Å². The van der Waals surface area contributed by atoms with E-state index in [-0.39, 0.29) is 59.9 Å². The minimum atomic E-state index is -0.831. The van der Waals surface area contributed by atoms with E-state index in [4.69, 9.17) is 15.2 Å². The van der Waals surface area contributed by atoms with E-state index in [0.717, 1.165) is 24.8 Å². The molecule has 11 nitrogen and oxygen atoms in total. The van der Waals surface area contributed by atoms with Crippen molar-refractivity contribution in [1.29, 1.82) is 0 Å². The number of nitrogens with zero attached hydrogens (tertiary/aromatic N) is 3. The minimum Gasteiger partial charge on any atom is -0.386 e. The number of primary amides is 1. The highest BCUT2D eigenvalue weighted by molar-refractivity contribution is 5.81. The summed E-state index contributed by atoms with van der Waals surface area (Å²) in [5, 5.41) is 10.9. The number of hydrogen-bond donors (Lipinski definition) is 2. The van der Waals surface area contributed by atoms with Crippen LogP contribution in [0.5, 0.6) is 0 Å². The fourth-order valence-electron chi connectivity index (χ4n) is 6.80. The Bertz CT molecular complexity index is 1210. The molecule has 4 amide bonds. The first-order chi connectivity index (χ1) is 24.8. The van der Waals surface area contributed by atoms with E-state index in [1.54, 1.807) is 31.1 Å². The average Bonchev–Trinajstić information content (AvgIpc) is 3.63. The number of rotatable bonds is 18. The van der Waals surface area contributed by atoms with Gasteiger partial charge in [-0.15, -0.1) is 0 Å². The van der Waals surface area contributed by atoms with Crippen LogP contribution in [0, 0.1) is 29.6 Å². The van der Waals surface area contributed by atoms with Gasteiger partial charge >= 0.3 is 0 Å². The lowest BCUT2D eigenvalue weighted by Gasteiger charge is -2.40. The molecule has 0 spiro atoms. The van der Waals surface area contributed by atoms with E-state index in [1.807, 2.05) is 105 Å². The Hall–Kier alpha value is -3.02. The summed E-state index contributed by atoms with van der Waals surface area (Å²) >= 11 is 0. The smallest absolute Gasteiger partial charge is 0.228 e. The molecule has 11 heteroatoms. The number of nitrogens with two attached hydrogens (primary N) is 1. The Morgan fingerprint density at radius 2 is 1.45 bits per heavy atom. The molecule has 0 radical (unpaired) electrons. The molecule has 1 saturated heterocycles. The minimum absolute atomic E-state index is 0.00926. The van der Waals surface area contributed by atoms with Crippen molar-refractivity contribution in [1.82, 2.24) is 14.7 Å². The number of amides is 4. The maximum Gasteiger partial charge on any atom is 0.228 e. The number of benzene rings is 1. The summed E-state index contributed by atoms with van der Waals surface area (Å²) in [6.45, 7) is 22.3. The molecule has 0 aromatic heterocycles. The van der Waals surface area contributed by atoms with Crippen LogP contribution in [0.2, 0.25) is 0 Å². The zero-order valence-electron chi connectivity index (χ0n) is 35.8. The summed E-state index contributed by atoms with van der Waals surface area (Å²) in [6.07, 6.45) is 1.17. The first kappa shape index (κ1) is 50.0. The third-order valence-corrected chi connectivity index (χ3v) is 10.9. The van der Waals surface area contributed by atoms with E-state index >= 15 is 0 Å². The second kappa shape index (κ2) is 25.1. The summed E-state index contributed by atoms with van der Waals surface area (Å²) in [5.74, 6) is -0.148. The lowest BCUT2D eigenvalue weighted by atomic mass is 9.90. The normalized spacial score (nSPS) is 18.6. The third kappa shape index (κ3) is 15.0. The van der Waals surface area contributed by atoms with Crippen molar-refractivity contribution >= 4 is 23.6 Å². The van der Waals surface area contributed by atoms with Crippen molar-refractivity contribution in [3.63, 3.8) is 0 Å². The largest absolute Gasteiger partial charge is 0.386 e. The van der Waals surface area contributed by atoms with Crippen LogP contribution in [0.25, 0.3) is 0 Å². The predicted octanol–water partition coefficient (Wildman–Crippen LogP) is 6.32. The van der Waals surface area contributed by atoms with Crippen molar-refractivity contribution in [2.45, 2.75) is 145 Å². The van der Waals surface area contributed by atoms with Gasteiger partial charge in [-0.05, 0) is 43.1 Å². The summed E-state index contributed by atoms with van der Waals surface area (Å²) in [7, 11) is 6.71. The van der Waals surface area contributed by atoms with Gasteiger partial charge in [0.25, 0.3) is 0 Å². The Balaban J connectivity index is 0.00000238. The van der Waals surface area contributed by atoms with Gasteiger partial charge in [-0.25, -0.2) is 0 Å². The number of methoxy groups -OCH3 is 2. The van der Waals surface area contributed by atoms with Crippen LogP contribution in [0.4, 0.5) is 0 Å². The van der Waals surface area contributed by atoms with Crippen LogP contribution >= 0.6 is 0 Å². The van der Waals surface area contributed by atoms with E-state index < -0.39 is 30.3 Å². The van der Waals surface area contributed by atoms with E-state index in [1.165, 1.54) is 0 Å². The number of hydrogen-bond acceptors (Lipinski definition) is 7. The Kier molecular flexibility index (Phi) is 23.7. The monoisotopic (exact) mass is 749 g/mol. The molecule has 1 fully saturated rings. The van der Waals surface area contributed by atoms with Crippen LogP contribution in [-0.4, -0.2) is 109 Å². The topological polar surface area (TPSA) is 143 Å². The van der Waals surface area contributed by atoms with Crippen LogP contribution < -0.4 is 5.73 Å². The quantitative estimate of drug-likeness (QED) is 0.179. The molecule has 1 aromatic rings. The van der Waals surface area contributed by atoms with E-state index in [0.29, 0.717) is 18.9 Å². The molecular weight excluding hydrogens is 672 g/mol.